The molecule has 2 atom stereocenters. The molecule has 4 aromatic rings. The maximum atomic E-state index is 13.2. The Balaban J connectivity index is 1.62. The fraction of sp³-hybridized carbons (Fsp3) is 0.344. The Morgan fingerprint density at radius 3 is 2.36 bits per heavy atom. The Labute approximate surface area is 258 Å². The van der Waals surface area contributed by atoms with E-state index in [1.807, 2.05) is 0 Å². The summed E-state index contributed by atoms with van der Waals surface area (Å²) in [7, 11) is -3.45. The highest BCUT2D eigenvalue weighted by Crippen LogP contribution is 2.45. The maximum absolute atomic E-state index is 13.2. The van der Waals surface area contributed by atoms with Gasteiger partial charge in [0.25, 0.3) is 0 Å². The summed E-state index contributed by atoms with van der Waals surface area (Å²) in [5.41, 5.74) is 0.115. The van der Waals surface area contributed by atoms with Crippen LogP contribution in [0.4, 0.5) is 13.2 Å². The van der Waals surface area contributed by atoms with E-state index in [0.717, 1.165) is 12.3 Å². The molecule has 1 fully saturated rings. The number of aromatic amines is 1. The van der Waals surface area contributed by atoms with Gasteiger partial charge < -0.3 is 19.7 Å². The van der Waals surface area contributed by atoms with Gasteiger partial charge in [0, 0.05) is 29.1 Å². The van der Waals surface area contributed by atoms with Crippen LogP contribution in [0, 0.1) is 5.41 Å². The van der Waals surface area contributed by atoms with Crippen LogP contribution in [0.3, 0.4) is 0 Å². The lowest BCUT2D eigenvalue weighted by Gasteiger charge is -2.38. The molecule has 45 heavy (non-hydrogen) atoms. The number of aliphatic carboxylic acids is 1. The van der Waals surface area contributed by atoms with Gasteiger partial charge in [-0.15, -0.1) is 0 Å². The Morgan fingerprint density at radius 2 is 1.80 bits per heavy atom. The zero-order valence-corrected chi connectivity index (χ0v) is 25.8. The fourth-order valence-corrected chi connectivity index (χ4v) is 6.52. The number of fused-ring (bicyclic) bond motifs is 1. The van der Waals surface area contributed by atoms with Crippen molar-refractivity contribution >= 4 is 32.6 Å². The summed E-state index contributed by atoms with van der Waals surface area (Å²) in [6, 6.07) is 11.4. The fourth-order valence-electron chi connectivity index (χ4n) is 5.63. The number of nitrogens with zero attached hydrogens (tertiary/aromatic N) is 2. The summed E-state index contributed by atoms with van der Waals surface area (Å²) in [6.45, 7) is 6.78. The van der Waals surface area contributed by atoms with Crippen LogP contribution in [0.25, 0.3) is 22.3 Å². The van der Waals surface area contributed by atoms with Crippen LogP contribution in [0.1, 0.15) is 57.7 Å². The van der Waals surface area contributed by atoms with E-state index in [2.05, 4.69) is 9.97 Å². The van der Waals surface area contributed by atoms with Crippen molar-refractivity contribution in [1.29, 1.82) is 0 Å². The lowest BCUT2D eigenvalue weighted by molar-refractivity contribution is -0.155. The van der Waals surface area contributed by atoms with Crippen molar-refractivity contribution in [3.8, 4) is 22.9 Å². The number of sulfone groups is 1. The average Bonchev–Trinajstić information content (AvgIpc) is 3.54. The smallest absolute Gasteiger partial charge is 0.417 e. The first kappa shape index (κ1) is 32.0. The number of carbonyl (C=O) groups is 2. The maximum Gasteiger partial charge on any atom is 0.417 e. The molecular formula is C32H32F3N3O6S. The van der Waals surface area contributed by atoms with E-state index in [-0.39, 0.29) is 28.7 Å². The molecule has 1 amide bonds. The number of carbonyl (C=O) groups excluding carboxylic acids is 1. The lowest BCUT2D eigenvalue weighted by Crippen LogP contribution is -2.50. The zero-order chi connectivity index (χ0) is 32.9. The summed E-state index contributed by atoms with van der Waals surface area (Å²) >= 11 is 0. The van der Waals surface area contributed by atoms with Gasteiger partial charge in [0.15, 0.2) is 9.84 Å². The number of aromatic nitrogens is 2. The van der Waals surface area contributed by atoms with Crippen LogP contribution in [0.5, 0.6) is 11.5 Å². The van der Waals surface area contributed by atoms with E-state index in [9.17, 15) is 36.3 Å². The van der Waals surface area contributed by atoms with E-state index >= 15 is 0 Å². The number of alkyl halides is 3. The zero-order valence-electron chi connectivity index (χ0n) is 25.0. The van der Waals surface area contributed by atoms with Crippen molar-refractivity contribution in [2.75, 3.05) is 5.75 Å². The number of nitrogens with one attached hydrogen (secondary N) is 1. The molecule has 0 spiro atoms. The number of benzene rings is 2. The summed E-state index contributed by atoms with van der Waals surface area (Å²) in [4.78, 5) is 34.3. The van der Waals surface area contributed by atoms with Crippen LogP contribution >= 0.6 is 0 Å². The molecule has 1 aliphatic rings. The van der Waals surface area contributed by atoms with E-state index in [0.29, 0.717) is 40.1 Å². The molecule has 0 saturated carbocycles. The van der Waals surface area contributed by atoms with Gasteiger partial charge in [-0.1, -0.05) is 27.7 Å². The SMILES string of the molecule is CCS(=O)(=O)c1ccc(Oc2cc3cc(-c4ccc(C(F)(F)F)cn4)[nH]c3cc2C2CCC(=O)N2C(C(=O)O)C(C)(C)C)cc1. The summed E-state index contributed by atoms with van der Waals surface area (Å²) in [6.07, 6.45) is -3.33. The Morgan fingerprint density at radius 1 is 1.11 bits per heavy atom. The molecule has 2 N–H and O–H groups in total. The first-order valence-electron chi connectivity index (χ1n) is 14.2. The second-order valence-corrected chi connectivity index (χ2v) is 14.3. The molecule has 3 heterocycles. The number of H-pyrrole nitrogens is 1. The molecule has 2 aromatic heterocycles. The summed E-state index contributed by atoms with van der Waals surface area (Å²) in [5, 5.41) is 10.8. The van der Waals surface area contributed by atoms with Crippen LogP contribution in [-0.4, -0.2) is 52.1 Å². The van der Waals surface area contributed by atoms with Crippen LogP contribution < -0.4 is 4.74 Å². The van der Waals surface area contributed by atoms with Gasteiger partial charge in [-0.05, 0) is 66.4 Å². The predicted molar refractivity (Wildman–Crippen MR) is 160 cm³/mol. The largest absolute Gasteiger partial charge is 0.480 e. The predicted octanol–water partition coefficient (Wildman–Crippen LogP) is 7.00. The average molecular weight is 644 g/mol. The third kappa shape index (κ3) is 6.39. The monoisotopic (exact) mass is 643 g/mol. The van der Waals surface area contributed by atoms with Crippen molar-refractivity contribution in [3.05, 3.63) is 71.9 Å². The van der Waals surface area contributed by atoms with Gasteiger partial charge in [-0.3, -0.25) is 9.78 Å². The van der Waals surface area contributed by atoms with Gasteiger partial charge in [-0.2, -0.15) is 13.2 Å². The Hall–Kier alpha value is -4.39. The molecule has 0 aliphatic carbocycles. The van der Waals surface area contributed by atoms with Crippen LogP contribution in [-0.2, 0) is 25.6 Å². The molecule has 5 rings (SSSR count). The van der Waals surface area contributed by atoms with Crippen molar-refractivity contribution in [2.45, 2.75) is 63.7 Å². The molecular weight excluding hydrogens is 611 g/mol. The van der Waals surface area contributed by atoms with E-state index < -0.39 is 45.0 Å². The molecule has 13 heteroatoms. The van der Waals surface area contributed by atoms with Gasteiger partial charge in [0.05, 0.1) is 33.6 Å². The number of halogens is 3. The number of carboxylic acids is 1. The number of carboxylic acid groups (broad SMARTS) is 1. The van der Waals surface area contributed by atoms with Crippen LogP contribution in [0.15, 0.2) is 65.7 Å². The van der Waals surface area contributed by atoms with Crippen molar-refractivity contribution in [3.63, 3.8) is 0 Å². The topological polar surface area (TPSA) is 130 Å². The number of pyridine rings is 1. The number of amides is 1. The third-order valence-electron chi connectivity index (χ3n) is 7.86. The highest BCUT2D eigenvalue weighted by Gasteiger charge is 2.46. The number of ether oxygens (including phenoxy) is 1. The second-order valence-electron chi connectivity index (χ2n) is 12.0. The van der Waals surface area contributed by atoms with Gasteiger partial charge in [-0.25, -0.2) is 13.2 Å². The standard InChI is InChI=1S/C32H32F3N3O6S/c1-5-45(42,43)21-9-7-20(8-10-21)44-27-15-18-14-25(23-11-6-19(17-36-23)32(33,34)35)37-24(18)16-22(27)26-12-13-28(39)38(26)29(30(40)41)31(2,3)4/h6-11,14-17,26,29,37H,5,12-13H2,1-4H3,(H,40,41). The molecule has 1 saturated heterocycles. The summed E-state index contributed by atoms with van der Waals surface area (Å²) < 4.78 is 70.2. The summed E-state index contributed by atoms with van der Waals surface area (Å²) in [5.74, 6) is -0.908. The van der Waals surface area contributed by atoms with E-state index in [4.69, 9.17) is 4.74 Å². The molecule has 238 valence electrons. The molecule has 2 aromatic carbocycles. The number of hydrogen-bond donors (Lipinski definition) is 2. The molecule has 2 unspecified atom stereocenters. The normalized spacial score (nSPS) is 16.7. The quantitative estimate of drug-likeness (QED) is 0.212. The minimum atomic E-state index is -4.53. The first-order chi connectivity index (χ1) is 21.0. The van der Waals surface area contributed by atoms with Gasteiger partial charge in [0.2, 0.25) is 5.91 Å². The molecule has 0 radical (unpaired) electrons. The molecule has 9 nitrogen and oxygen atoms in total. The number of likely N-dealkylation sites (tertiary alicyclic amines) is 1. The molecule has 1 aliphatic heterocycles. The van der Waals surface area contributed by atoms with Crippen LogP contribution in [0.2, 0.25) is 0 Å². The lowest BCUT2D eigenvalue weighted by atomic mass is 9.84. The van der Waals surface area contributed by atoms with Crippen molar-refractivity contribution in [1.82, 2.24) is 14.9 Å². The first-order valence-corrected chi connectivity index (χ1v) is 15.9. The minimum Gasteiger partial charge on any atom is -0.480 e. The third-order valence-corrected chi connectivity index (χ3v) is 9.61. The Bertz CT molecular complexity index is 1860. The van der Waals surface area contributed by atoms with Crippen molar-refractivity contribution in [2.24, 2.45) is 5.41 Å². The van der Waals surface area contributed by atoms with E-state index in [1.165, 1.54) is 35.2 Å². The van der Waals surface area contributed by atoms with Gasteiger partial charge in [0.1, 0.15) is 17.5 Å². The second kappa shape index (κ2) is 11.5. The highest BCUT2D eigenvalue weighted by atomic mass is 32.2. The number of rotatable bonds is 8. The number of hydrogen-bond acceptors (Lipinski definition) is 6. The Kier molecular flexibility index (Phi) is 8.19. The van der Waals surface area contributed by atoms with Gasteiger partial charge >= 0.3 is 12.1 Å². The molecule has 0 bridgehead atoms. The van der Waals surface area contributed by atoms with E-state index in [1.54, 1.807) is 45.9 Å². The van der Waals surface area contributed by atoms with Crippen molar-refractivity contribution < 1.29 is 41.0 Å². The minimum absolute atomic E-state index is 0.0678. The highest BCUT2D eigenvalue weighted by molar-refractivity contribution is 7.91.